The van der Waals surface area contributed by atoms with E-state index in [1.807, 2.05) is 20.8 Å². The molecule has 0 unspecified atom stereocenters. The van der Waals surface area contributed by atoms with E-state index in [4.69, 9.17) is 0 Å². The molecule has 0 aliphatic heterocycles. The van der Waals surface area contributed by atoms with Crippen molar-refractivity contribution in [1.82, 2.24) is 0 Å². The molecule has 0 heterocycles. The molecule has 0 spiro atoms. The van der Waals surface area contributed by atoms with Gasteiger partial charge in [-0.05, 0) is 37.2 Å². The molecule has 4 heteroatoms. The summed E-state index contributed by atoms with van der Waals surface area (Å²) < 4.78 is 0. The highest BCUT2D eigenvalue weighted by Gasteiger charge is 2.22. The Morgan fingerprint density at radius 3 is 1.86 bits per heavy atom. The molecule has 0 aliphatic carbocycles. The molecule has 0 saturated heterocycles. The number of benzene rings is 1. The van der Waals surface area contributed by atoms with Crippen LogP contribution in [0.3, 0.4) is 0 Å². The van der Waals surface area contributed by atoms with Gasteiger partial charge in [0.1, 0.15) is 5.69 Å². The average Bonchev–Trinajstić information content (AvgIpc) is 2.36. The minimum absolute atomic E-state index is 0.0993. The normalized spacial score (nSPS) is 12.8. The first kappa shape index (κ1) is 17.3. The number of aliphatic imine (C=N–C) groups is 1. The molecule has 1 aromatic carbocycles. The summed E-state index contributed by atoms with van der Waals surface area (Å²) in [5, 5.41) is 30.0. The van der Waals surface area contributed by atoms with E-state index in [0.29, 0.717) is 24.1 Å². The van der Waals surface area contributed by atoms with Crippen LogP contribution in [0.4, 0.5) is 5.69 Å². The maximum atomic E-state index is 10.1. The van der Waals surface area contributed by atoms with Crippen molar-refractivity contribution >= 4 is 11.4 Å². The minimum atomic E-state index is -0.480. The standard InChI is InChI=1S/C17H27NO3/c1-7-11-12(8-2)14(19)16(21)15(20)13(11)18-10(3)9-17(4,5)6/h19-21H,7-9H2,1-6H3. The van der Waals surface area contributed by atoms with Crippen LogP contribution in [0.5, 0.6) is 17.2 Å². The first-order valence-electron chi connectivity index (χ1n) is 7.45. The van der Waals surface area contributed by atoms with Crippen LogP contribution in [0, 0.1) is 5.41 Å². The fraction of sp³-hybridized carbons (Fsp3) is 0.588. The highest BCUT2D eigenvalue weighted by molar-refractivity contribution is 5.87. The van der Waals surface area contributed by atoms with E-state index in [2.05, 4.69) is 25.8 Å². The van der Waals surface area contributed by atoms with Crippen molar-refractivity contribution < 1.29 is 15.3 Å². The first-order valence-corrected chi connectivity index (χ1v) is 7.45. The fourth-order valence-electron chi connectivity index (χ4n) is 2.68. The Balaban J connectivity index is 3.48. The van der Waals surface area contributed by atoms with E-state index >= 15 is 0 Å². The predicted octanol–water partition coefficient (Wildman–Crippen LogP) is 4.46. The smallest absolute Gasteiger partial charge is 0.202 e. The van der Waals surface area contributed by atoms with Crippen LogP contribution < -0.4 is 0 Å². The van der Waals surface area contributed by atoms with Gasteiger partial charge in [0.05, 0.1) is 0 Å². The fourth-order valence-corrected chi connectivity index (χ4v) is 2.68. The molecule has 0 bridgehead atoms. The van der Waals surface area contributed by atoms with E-state index in [0.717, 1.165) is 17.7 Å². The Hall–Kier alpha value is -1.71. The Bertz CT molecular complexity index is 554. The SMILES string of the molecule is CCc1c(O)c(O)c(O)c(N=C(C)CC(C)(C)C)c1CC. The second kappa shape index (κ2) is 6.37. The summed E-state index contributed by atoms with van der Waals surface area (Å²) in [7, 11) is 0. The summed E-state index contributed by atoms with van der Waals surface area (Å²) in [6, 6.07) is 0. The molecule has 0 aliphatic rings. The molecular formula is C17H27NO3. The van der Waals surface area contributed by atoms with Crippen molar-refractivity contribution in [3.05, 3.63) is 11.1 Å². The maximum Gasteiger partial charge on any atom is 0.202 e. The van der Waals surface area contributed by atoms with Crippen molar-refractivity contribution in [2.75, 3.05) is 0 Å². The second-order valence-electron chi connectivity index (χ2n) is 6.64. The quantitative estimate of drug-likeness (QED) is 0.567. The zero-order valence-corrected chi connectivity index (χ0v) is 13.9. The predicted molar refractivity (Wildman–Crippen MR) is 87.0 cm³/mol. The molecule has 0 saturated carbocycles. The molecule has 21 heavy (non-hydrogen) atoms. The number of hydrogen-bond donors (Lipinski definition) is 3. The van der Waals surface area contributed by atoms with Crippen molar-refractivity contribution in [3.63, 3.8) is 0 Å². The molecule has 3 N–H and O–H groups in total. The number of hydrogen-bond acceptors (Lipinski definition) is 4. The van der Waals surface area contributed by atoms with Crippen molar-refractivity contribution in [3.8, 4) is 17.2 Å². The zero-order chi connectivity index (χ0) is 16.4. The van der Waals surface area contributed by atoms with Crippen LogP contribution in [0.1, 0.15) is 59.1 Å². The summed E-state index contributed by atoms with van der Waals surface area (Å²) in [6.45, 7) is 12.1. The third-order valence-electron chi connectivity index (χ3n) is 3.40. The molecule has 0 aromatic heterocycles. The third-order valence-corrected chi connectivity index (χ3v) is 3.40. The second-order valence-corrected chi connectivity index (χ2v) is 6.64. The van der Waals surface area contributed by atoms with Gasteiger partial charge in [0.25, 0.3) is 0 Å². The Morgan fingerprint density at radius 1 is 0.905 bits per heavy atom. The average molecular weight is 293 g/mol. The topological polar surface area (TPSA) is 73.0 Å². The molecule has 1 aromatic rings. The number of nitrogens with zero attached hydrogens (tertiary/aromatic N) is 1. The molecule has 0 fully saturated rings. The minimum Gasteiger partial charge on any atom is -0.504 e. The van der Waals surface area contributed by atoms with Crippen molar-refractivity contribution in [1.29, 1.82) is 0 Å². The number of phenols is 3. The van der Waals surface area contributed by atoms with E-state index in [9.17, 15) is 15.3 Å². The van der Waals surface area contributed by atoms with Gasteiger partial charge < -0.3 is 15.3 Å². The summed E-state index contributed by atoms with van der Waals surface area (Å²) in [5.74, 6) is -1.06. The van der Waals surface area contributed by atoms with E-state index in [-0.39, 0.29) is 16.9 Å². The summed E-state index contributed by atoms with van der Waals surface area (Å²) >= 11 is 0. The molecule has 118 valence electrons. The molecule has 4 nitrogen and oxygen atoms in total. The largest absolute Gasteiger partial charge is 0.504 e. The molecule has 1 rings (SSSR count). The van der Waals surface area contributed by atoms with Gasteiger partial charge >= 0.3 is 0 Å². The number of rotatable bonds is 4. The van der Waals surface area contributed by atoms with Crippen LogP contribution in [0.25, 0.3) is 0 Å². The Morgan fingerprint density at radius 2 is 1.43 bits per heavy atom. The van der Waals surface area contributed by atoms with Crippen molar-refractivity contribution in [2.45, 2.75) is 60.8 Å². The van der Waals surface area contributed by atoms with Crippen molar-refractivity contribution in [2.24, 2.45) is 10.4 Å². The lowest BCUT2D eigenvalue weighted by Gasteiger charge is -2.19. The molecule has 0 atom stereocenters. The van der Waals surface area contributed by atoms with Crippen LogP contribution in [0.15, 0.2) is 4.99 Å². The zero-order valence-electron chi connectivity index (χ0n) is 13.9. The lowest BCUT2D eigenvalue weighted by molar-refractivity contribution is 0.365. The van der Waals surface area contributed by atoms with Gasteiger partial charge in [-0.2, -0.15) is 0 Å². The Kier molecular flexibility index (Phi) is 5.26. The molecular weight excluding hydrogens is 266 g/mol. The van der Waals surface area contributed by atoms with Crippen LogP contribution >= 0.6 is 0 Å². The van der Waals surface area contributed by atoms with Crippen LogP contribution in [-0.2, 0) is 12.8 Å². The highest BCUT2D eigenvalue weighted by Crippen LogP contribution is 2.48. The first-order chi connectivity index (χ1) is 9.62. The molecule has 0 radical (unpaired) electrons. The van der Waals surface area contributed by atoms with Gasteiger partial charge in [0, 0.05) is 11.3 Å². The monoisotopic (exact) mass is 293 g/mol. The summed E-state index contributed by atoms with van der Waals surface area (Å²) in [4.78, 5) is 4.52. The van der Waals surface area contributed by atoms with Gasteiger partial charge in [-0.1, -0.05) is 34.6 Å². The lowest BCUT2D eigenvalue weighted by Crippen LogP contribution is -2.10. The summed E-state index contributed by atoms with van der Waals surface area (Å²) in [5.41, 5.74) is 2.81. The maximum absolute atomic E-state index is 10.1. The lowest BCUT2D eigenvalue weighted by atomic mass is 9.90. The summed E-state index contributed by atoms with van der Waals surface area (Å²) in [6.07, 6.45) is 1.99. The highest BCUT2D eigenvalue weighted by atomic mass is 16.3. The van der Waals surface area contributed by atoms with E-state index in [1.165, 1.54) is 0 Å². The van der Waals surface area contributed by atoms with Crippen LogP contribution in [0.2, 0.25) is 0 Å². The van der Waals surface area contributed by atoms with Gasteiger partial charge in [0.2, 0.25) is 5.75 Å². The van der Waals surface area contributed by atoms with Crippen LogP contribution in [-0.4, -0.2) is 21.0 Å². The van der Waals surface area contributed by atoms with Gasteiger partial charge in [-0.3, -0.25) is 4.99 Å². The van der Waals surface area contributed by atoms with E-state index < -0.39 is 5.75 Å². The Labute approximate surface area is 127 Å². The number of phenolic OH excluding ortho intramolecular Hbond substituents is 3. The van der Waals surface area contributed by atoms with Gasteiger partial charge in [-0.25, -0.2) is 0 Å². The number of aromatic hydroxyl groups is 3. The molecule has 0 amide bonds. The van der Waals surface area contributed by atoms with E-state index in [1.54, 1.807) is 0 Å². The third kappa shape index (κ3) is 3.90. The van der Waals surface area contributed by atoms with Gasteiger partial charge in [0.15, 0.2) is 11.5 Å². The van der Waals surface area contributed by atoms with Gasteiger partial charge in [-0.15, -0.1) is 0 Å².